The molecule has 0 atom stereocenters. The van der Waals surface area contributed by atoms with Gasteiger partial charge in [-0.1, -0.05) is 84.9 Å². The molecule has 39 heavy (non-hydrogen) atoms. The van der Waals surface area contributed by atoms with Crippen molar-refractivity contribution in [1.82, 2.24) is 14.6 Å². The highest BCUT2D eigenvalue weighted by molar-refractivity contribution is 5.87. The van der Waals surface area contributed by atoms with Crippen molar-refractivity contribution in [2.75, 3.05) is 0 Å². The minimum Gasteiger partial charge on any atom is -0.288 e. The minimum absolute atomic E-state index is 0.0667. The lowest BCUT2D eigenvalue weighted by molar-refractivity contribution is -0.384. The maximum atomic E-state index is 11.2. The third-order valence-corrected chi connectivity index (χ3v) is 5.96. The molecule has 6 aromatic rings. The molecule has 188 valence electrons. The number of nitrogens with zero attached hydrogens (tertiary/aromatic N) is 7. The monoisotopic (exact) mass is 512 g/mol. The summed E-state index contributed by atoms with van der Waals surface area (Å²) in [4.78, 5) is 15.7. The summed E-state index contributed by atoms with van der Waals surface area (Å²) in [7, 11) is 0. The molecule has 0 spiro atoms. The SMILES string of the molecule is O=[N+]([O-])c1cccc(N=Nc2c(-c3ccccc3)nc3c(N=Nc4ccccc4)c(-c4ccccc4)[nH]n23)c1. The van der Waals surface area contributed by atoms with Crippen molar-refractivity contribution < 1.29 is 4.92 Å². The number of aromatic nitrogens is 3. The zero-order chi connectivity index (χ0) is 26.6. The van der Waals surface area contributed by atoms with Gasteiger partial charge in [-0.15, -0.1) is 15.3 Å². The van der Waals surface area contributed by atoms with Gasteiger partial charge in [0.1, 0.15) is 5.69 Å². The Bertz CT molecular complexity index is 1830. The molecular formula is C29H20N8O2. The van der Waals surface area contributed by atoms with E-state index >= 15 is 0 Å². The first-order valence-corrected chi connectivity index (χ1v) is 12.1. The fourth-order valence-corrected chi connectivity index (χ4v) is 4.11. The van der Waals surface area contributed by atoms with Gasteiger partial charge in [0.15, 0.2) is 11.3 Å². The molecule has 0 aliphatic rings. The Morgan fingerprint density at radius 1 is 0.692 bits per heavy atom. The summed E-state index contributed by atoms with van der Waals surface area (Å²) in [5, 5.41) is 32.5. The van der Waals surface area contributed by atoms with Crippen LogP contribution in [0.1, 0.15) is 0 Å². The number of rotatable bonds is 7. The topological polar surface area (TPSA) is 126 Å². The van der Waals surface area contributed by atoms with E-state index in [1.54, 1.807) is 16.6 Å². The van der Waals surface area contributed by atoms with Crippen LogP contribution in [0.4, 0.5) is 28.6 Å². The predicted octanol–water partition coefficient (Wildman–Crippen LogP) is 8.74. The van der Waals surface area contributed by atoms with Crippen LogP contribution in [0.3, 0.4) is 0 Å². The van der Waals surface area contributed by atoms with E-state index in [1.807, 2.05) is 91.0 Å². The number of hydrogen-bond donors (Lipinski definition) is 1. The van der Waals surface area contributed by atoms with Crippen molar-refractivity contribution in [1.29, 1.82) is 0 Å². The molecule has 10 nitrogen and oxygen atoms in total. The minimum atomic E-state index is -0.466. The molecule has 1 N–H and O–H groups in total. The summed E-state index contributed by atoms with van der Waals surface area (Å²) in [6.07, 6.45) is 0. The average molecular weight is 513 g/mol. The van der Waals surface area contributed by atoms with Crippen LogP contribution in [0.15, 0.2) is 136 Å². The molecule has 4 aromatic carbocycles. The summed E-state index contributed by atoms with van der Waals surface area (Å²) in [5.41, 5.74) is 5.05. The first-order valence-electron chi connectivity index (χ1n) is 12.1. The van der Waals surface area contributed by atoms with E-state index in [2.05, 4.69) is 25.6 Å². The molecular weight excluding hydrogens is 492 g/mol. The van der Waals surface area contributed by atoms with E-state index in [1.165, 1.54) is 12.1 Å². The molecule has 2 aromatic heterocycles. The van der Waals surface area contributed by atoms with Gasteiger partial charge in [-0.2, -0.15) is 5.11 Å². The van der Waals surface area contributed by atoms with Crippen molar-refractivity contribution in [2.24, 2.45) is 20.5 Å². The second-order valence-electron chi connectivity index (χ2n) is 8.52. The third-order valence-electron chi connectivity index (χ3n) is 5.96. The van der Waals surface area contributed by atoms with Gasteiger partial charge in [0.05, 0.1) is 22.0 Å². The molecule has 0 radical (unpaired) electrons. The molecule has 0 saturated heterocycles. The van der Waals surface area contributed by atoms with Crippen molar-refractivity contribution in [2.45, 2.75) is 0 Å². The van der Waals surface area contributed by atoms with Crippen LogP contribution in [0.2, 0.25) is 0 Å². The van der Waals surface area contributed by atoms with Crippen molar-refractivity contribution in [3.05, 3.63) is 125 Å². The van der Waals surface area contributed by atoms with Crippen LogP contribution in [0.25, 0.3) is 28.2 Å². The summed E-state index contributed by atoms with van der Waals surface area (Å²) < 4.78 is 1.71. The number of nitro groups is 1. The Kier molecular flexibility index (Phi) is 6.24. The van der Waals surface area contributed by atoms with Gasteiger partial charge in [0.25, 0.3) is 5.69 Å². The van der Waals surface area contributed by atoms with Crippen LogP contribution >= 0.6 is 0 Å². The second kappa shape index (κ2) is 10.3. The number of benzene rings is 4. The number of fused-ring (bicyclic) bond motifs is 1. The summed E-state index contributed by atoms with van der Waals surface area (Å²) in [6, 6.07) is 34.8. The number of aromatic amines is 1. The highest BCUT2D eigenvalue weighted by Crippen LogP contribution is 2.40. The van der Waals surface area contributed by atoms with E-state index < -0.39 is 4.92 Å². The second-order valence-corrected chi connectivity index (χ2v) is 8.52. The molecule has 0 unspecified atom stereocenters. The zero-order valence-electron chi connectivity index (χ0n) is 20.4. The van der Waals surface area contributed by atoms with Crippen LogP contribution in [-0.4, -0.2) is 19.5 Å². The summed E-state index contributed by atoms with van der Waals surface area (Å²) >= 11 is 0. The number of nitrogens with one attached hydrogen (secondary N) is 1. The Labute approximate surface area is 222 Å². The molecule has 0 aliphatic heterocycles. The largest absolute Gasteiger partial charge is 0.288 e. The summed E-state index contributed by atoms with van der Waals surface area (Å²) in [6.45, 7) is 0. The zero-order valence-corrected chi connectivity index (χ0v) is 20.4. The van der Waals surface area contributed by atoms with E-state index in [9.17, 15) is 10.1 Å². The Morgan fingerprint density at radius 2 is 1.31 bits per heavy atom. The number of hydrogen-bond acceptors (Lipinski definition) is 7. The molecule has 10 heteroatoms. The Hall–Kier alpha value is -5.77. The van der Waals surface area contributed by atoms with Gasteiger partial charge < -0.3 is 0 Å². The molecule has 0 fully saturated rings. The van der Waals surface area contributed by atoms with Crippen LogP contribution < -0.4 is 0 Å². The maximum Gasteiger partial charge on any atom is 0.271 e. The average Bonchev–Trinajstić information content (AvgIpc) is 3.53. The fourth-order valence-electron chi connectivity index (χ4n) is 4.11. The number of nitro benzene ring substituents is 1. The van der Waals surface area contributed by atoms with E-state index in [0.717, 1.165) is 11.1 Å². The van der Waals surface area contributed by atoms with Gasteiger partial charge in [-0.3, -0.25) is 15.2 Å². The van der Waals surface area contributed by atoms with Crippen LogP contribution in [0.5, 0.6) is 0 Å². The molecule has 0 aliphatic carbocycles. The van der Waals surface area contributed by atoms with Gasteiger partial charge >= 0.3 is 0 Å². The molecule has 0 amide bonds. The fraction of sp³-hybridized carbons (Fsp3) is 0. The first kappa shape index (κ1) is 23.6. The molecule has 0 bridgehead atoms. The third kappa shape index (κ3) is 4.81. The molecule has 2 heterocycles. The quantitative estimate of drug-likeness (QED) is 0.130. The lowest BCUT2D eigenvalue weighted by Gasteiger charge is -2.01. The lowest BCUT2D eigenvalue weighted by Crippen LogP contribution is -1.86. The van der Waals surface area contributed by atoms with E-state index in [4.69, 9.17) is 4.98 Å². The van der Waals surface area contributed by atoms with Crippen molar-refractivity contribution in [3.63, 3.8) is 0 Å². The number of H-pyrrole nitrogens is 1. The molecule has 6 rings (SSSR count). The van der Waals surface area contributed by atoms with Crippen LogP contribution in [-0.2, 0) is 0 Å². The highest BCUT2D eigenvalue weighted by atomic mass is 16.6. The van der Waals surface area contributed by atoms with Crippen LogP contribution in [0, 0.1) is 10.1 Å². The van der Waals surface area contributed by atoms with Crippen molar-refractivity contribution in [3.8, 4) is 22.5 Å². The normalized spacial score (nSPS) is 11.6. The van der Waals surface area contributed by atoms with E-state index in [0.29, 0.717) is 39.9 Å². The maximum absolute atomic E-state index is 11.2. The van der Waals surface area contributed by atoms with Crippen molar-refractivity contribution >= 4 is 34.2 Å². The van der Waals surface area contributed by atoms with Gasteiger partial charge in [-0.25, -0.2) is 9.50 Å². The number of imidazole rings is 1. The standard InChI is InChI=1S/C29H20N8O2/c38-37(39)24-18-10-17-23(19-24)32-34-29-26(21-13-6-2-7-14-21)30-28-27(33-31-22-15-8-3-9-16-22)25(35-36(28)29)20-11-4-1-5-12-20/h1-19,35H. The Morgan fingerprint density at radius 3 is 2.00 bits per heavy atom. The smallest absolute Gasteiger partial charge is 0.271 e. The summed E-state index contributed by atoms with van der Waals surface area (Å²) in [5.74, 6) is 0.418. The molecule has 0 saturated carbocycles. The number of azo groups is 2. The van der Waals surface area contributed by atoms with E-state index in [-0.39, 0.29) is 5.69 Å². The number of non-ortho nitro benzene ring substituents is 1. The van der Waals surface area contributed by atoms with Gasteiger partial charge in [0.2, 0.25) is 5.82 Å². The van der Waals surface area contributed by atoms with Gasteiger partial charge in [0, 0.05) is 23.3 Å². The van der Waals surface area contributed by atoms with Gasteiger partial charge in [-0.05, 0) is 18.2 Å². The lowest BCUT2D eigenvalue weighted by atomic mass is 10.1. The predicted molar refractivity (Wildman–Crippen MR) is 148 cm³/mol. The Balaban J connectivity index is 1.56. The highest BCUT2D eigenvalue weighted by Gasteiger charge is 2.22. The first-order chi connectivity index (χ1) is 19.2.